The standard InChI is InChI=1S/C22H26N4O3/c1-25(2)20(27)13-17-14-22(29-19-6-4-3-5-18(17)19)8-11-26(12-9-22)21(28)16-7-10-23-24-15-16/h3-7,10,15,17H,8-9,11-14H2,1-2H3/t17-/m1/s1. The third-order valence-electron chi connectivity index (χ3n) is 6.02. The highest BCUT2D eigenvalue weighted by atomic mass is 16.5. The summed E-state index contributed by atoms with van der Waals surface area (Å²) in [7, 11) is 3.59. The molecule has 7 heteroatoms. The SMILES string of the molecule is CN(C)C(=O)C[C@@H]1CC2(CCN(C(=O)c3ccnnc3)CC2)Oc2ccccc21. The van der Waals surface area contributed by atoms with Gasteiger partial charge in [-0.1, -0.05) is 18.2 Å². The lowest BCUT2D eigenvalue weighted by molar-refractivity contribution is -0.129. The molecule has 0 unspecified atom stereocenters. The van der Waals surface area contributed by atoms with Crippen LogP contribution in [-0.2, 0) is 4.79 Å². The lowest BCUT2D eigenvalue weighted by atomic mass is 9.76. The van der Waals surface area contributed by atoms with Gasteiger partial charge in [0.1, 0.15) is 11.4 Å². The minimum absolute atomic E-state index is 0.0229. The first-order valence-corrected chi connectivity index (χ1v) is 10.0. The lowest BCUT2D eigenvalue weighted by Crippen LogP contribution is -2.52. The normalized spacial score (nSPS) is 19.9. The maximum Gasteiger partial charge on any atom is 0.255 e. The van der Waals surface area contributed by atoms with E-state index in [1.54, 1.807) is 25.1 Å². The molecule has 1 aromatic carbocycles. The molecular weight excluding hydrogens is 368 g/mol. The summed E-state index contributed by atoms with van der Waals surface area (Å²) in [4.78, 5) is 28.6. The molecule has 1 saturated heterocycles. The maximum absolute atomic E-state index is 12.7. The predicted molar refractivity (Wildman–Crippen MR) is 108 cm³/mol. The maximum atomic E-state index is 12.7. The van der Waals surface area contributed by atoms with E-state index in [9.17, 15) is 9.59 Å². The van der Waals surface area contributed by atoms with Crippen molar-refractivity contribution in [1.82, 2.24) is 20.0 Å². The molecule has 0 aliphatic carbocycles. The van der Waals surface area contributed by atoms with Crippen molar-refractivity contribution in [3.63, 3.8) is 0 Å². The van der Waals surface area contributed by atoms with Crippen LogP contribution in [0.3, 0.4) is 0 Å². The number of ether oxygens (including phenoxy) is 1. The Labute approximate surface area is 170 Å². The summed E-state index contributed by atoms with van der Waals surface area (Å²) in [6, 6.07) is 9.71. The van der Waals surface area contributed by atoms with Crippen LogP contribution in [0, 0.1) is 0 Å². The fourth-order valence-corrected chi connectivity index (χ4v) is 4.34. The van der Waals surface area contributed by atoms with Crippen molar-refractivity contribution in [2.45, 2.75) is 37.2 Å². The van der Waals surface area contributed by atoms with Gasteiger partial charge in [-0.25, -0.2) is 0 Å². The monoisotopic (exact) mass is 394 g/mol. The van der Waals surface area contributed by atoms with Crippen molar-refractivity contribution in [1.29, 1.82) is 0 Å². The van der Waals surface area contributed by atoms with Crippen LogP contribution >= 0.6 is 0 Å². The fourth-order valence-electron chi connectivity index (χ4n) is 4.34. The minimum Gasteiger partial charge on any atom is -0.487 e. The Kier molecular flexibility index (Phi) is 5.22. The Balaban J connectivity index is 1.50. The number of carbonyl (C=O) groups is 2. The number of benzene rings is 1. The molecule has 0 radical (unpaired) electrons. The zero-order valence-corrected chi connectivity index (χ0v) is 16.9. The Bertz CT molecular complexity index is 892. The molecule has 29 heavy (non-hydrogen) atoms. The average Bonchev–Trinajstić information content (AvgIpc) is 2.74. The molecule has 2 amide bonds. The van der Waals surface area contributed by atoms with E-state index in [2.05, 4.69) is 16.3 Å². The number of fused-ring (bicyclic) bond motifs is 1. The first-order valence-electron chi connectivity index (χ1n) is 10.0. The van der Waals surface area contributed by atoms with Crippen LogP contribution in [0.4, 0.5) is 0 Å². The molecule has 0 N–H and O–H groups in total. The van der Waals surface area contributed by atoms with Gasteiger partial charge < -0.3 is 14.5 Å². The van der Waals surface area contributed by atoms with E-state index in [1.165, 1.54) is 12.4 Å². The number of aromatic nitrogens is 2. The van der Waals surface area contributed by atoms with E-state index in [1.807, 2.05) is 23.1 Å². The molecular formula is C22H26N4O3. The highest BCUT2D eigenvalue weighted by molar-refractivity contribution is 5.93. The van der Waals surface area contributed by atoms with Crippen molar-refractivity contribution in [3.8, 4) is 5.75 Å². The highest BCUT2D eigenvalue weighted by Crippen LogP contribution is 2.46. The number of hydrogen-bond acceptors (Lipinski definition) is 5. The Morgan fingerprint density at radius 3 is 2.62 bits per heavy atom. The largest absolute Gasteiger partial charge is 0.487 e. The fraction of sp³-hybridized carbons (Fsp3) is 0.455. The molecule has 3 heterocycles. The average molecular weight is 394 g/mol. The van der Waals surface area contributed by atoms with Crippen LogP contribution in [0.25, 0.3) is 0 Å². The first kappa shape index (κ1) is 19.4. The van der Waals surface area contributed by atoms with E-state index in [0.29, 0.717) is 25.1 Å². The smallest absolute Gasteiger partial charge is 0.255 e. The summed E-state index contributed by atoms with van der Waals surface area (Å²) in [6.45, 7) is 1.25. The van der Waals surface area contributed by atoms with Gasteiger partial charge in [0.2, 0.25) is 5.91 Å². The highest BCUT2D eigenvalue weighted by Gasteiger charge is 2.44. The summed E-state index contributed by atoms with van der Waals surface area (Å²) in [5, 5.41) is 7.54. The molecule has 0 bridgehead atoms. The summed E-state index contributed by atoms with van der Waals surface area (Å²) in [6.07, 6.45) is 5.80. The molecule has 4 rings (SSSR count). The zero-order valence-electron chi connectivity index (χ0n) is 16.9. The van der Waals surface area contributed by atoms with E-state index in [4.69, 9.17) is 4.74 Å². The van der Waals surface area contributed by atoms with Gasteiger partial charge in [0, 0.05) is 52.4 Å². The molecule has 1 aromatic heterocycles. The van der Waals surface area contributed by atoms with E-state index < -0.39 is 0 Å². The first-order chi connectivity index (χ1) is 14.0. The molecule has 152 valence electrons. The van der Waals surface area contributed by atoms with Gasteiger partial charge >= 0.3 is 0 Å². The number of rotatable bonds is 3. The van der Waals surface area contributed by atoms with Gasteiger partial charge in [0.25, 0.3) is 5.91 Å². The van der Waals surface area contributed by atoms with Crippen molar-refractivity contribution in [2.24, 2.45) is 0 Å². The van der Waals surface area contributed by atoms with Crippen LogP contribution < -0.4 is 4.74 Å². The molecule has 0 saturated carbocycles. The van der Waals surface area contributed by atoms with Gasteiger partial charge in [0.05, 0.1) is 18.0 Å². The summed E-state index contributed by atoms with van der Waals surface area (Å²) in [5.41, 5.74) is 1.33. The minimum atomic E-state index is -0.334. The van der Waals surface area contributed by atoms with Crippen LogP contribution in [0.5, 0.6) is 5.75 Å². The molecule has 2 aliphatic rings. The number of piperidine rings is 1. The predicted octanol–water partition coefficient (Wildman–Crippen LogP) is 2.50. The van der Waals surface area contributed by atoms with Crippen molar-refractivity contribution >= 4 is 11.8 Å². The molecule has 1 atom stereocenters. The van der Waals surface area contributed by atoms with Crippen molar-refractivity contribution in [3.05, 3.63) is 53.9 Å². The van der Waals surface area contributed by atoms with Gasteiger partial charge in [-0.3, -0.25) is 9.59 Å². The zero-order chi connectivity index (χ0) is 20.4. The summed E-state index contributed by atoms with van der Waals surface area (Å²) >= 11 is 0. The molecule has 1 fully saturated rings. The number of likely N-dealkylation sites (tertiary alicyclic amines) is 1. The van der Waals surface area contributed by atoms with E-state index in [0.717, 1.165) is 30.6 Å². The Hall–Kier alpha value is -2.96. The van der Waals surface area contributed by atoms with E-state index >= 15 is 0 Å². The molecule has 1 spiro atoms. The molecule has 2 aliphatic heterocycles. The van der Waals surface area contributed by atoms with Gasteiger partial charge in [-0.05, 0) is 24.1 Å². The quantitative estimate of drug-likeness (QED) is 0.800. The number of para-hydroxylation sites is 1. The number of amides is 2. The van der Waals surface area contributed by atoms with Crippen LogP contribution in [0.15, 0.2) is 42.7 Å². The summed E-state index contributed by atoms with van der Waals surface area (Å²) < 4.78 is 6.48. The Morgan fingerprint density at radius 2 is 1.93 bits per heavy atom. The van der Waals surface area contributed by atoms with Gasteiger partial charge in [-0.15, -0.1) is 0 Å². The van der Waals surface area contributed by atoms with Crippen molar-refractivity contribution in [2.75, 3.05) is 27.2 Å². The van der Waals surface area contributed by atoms with E-state index in [-0.39, 0.29) is 23.3 Å². The van der Waals surface area contributed by atoms with Gasteiger partial charge in [0.15, 0.2) is 0 Å². The second-order valence-corrected chi connectivity index (χ2v) is 8.14. The van der Waals surface area contributed by atoms with Crippen LogP contribution in [0.2, 0.25) is 0 Å². The topological polar surface area (TPSA) is 75.6 Å². The Morgan fingerprint density at radius 1 is 1.17 bits per heavy atom. The van der Waals surface area contributed by atoms with Crippen molar-refractivity contribution < 1.29 is 14.3 Å². The lowest BCUT2D eigenvalue weighted by Gasteiger charge is -2.47. The number of carbonyl (C=O) groups excluding carboxylic acids is 2. The second kappa shape index (κ2) is 7.81. The third-order valence-corrected chi connectivity index (χ3v) is 6.02. The number of hydrogen-bond donors (Lipinski definition) is 0. The van der Waals surface area contributed by atoms with Gasteiger partial charge in [-0.2, -0.15) is 10.2 Å². The summed E-state index contributed by atoms with van der Waals surface area (Å²) in [5.74, 6) is 1.10. The van der Waals surface area contributed by atoms with Crippen LogP contribution in [0.1, 0.15) is 47.5 Å². The third kappa shape index (κ3) is 3.95. The second-order valence-electron chi connectivity index (χ2n) is 8.14. The van der Waals surface area contributed by atoms with Crippen LogP contribution in [-0.4, -0.2) is 64.6 Å². The number of nitrogens with zero attached hydrogens (tertiary/aromatic N) is 4. The molecule has 2 aromatic rings. The molecule has 7 nitrogen and oxygen atoms in total.